The summed E-state index contributed by atoms with van der Waals surface area (Å²) in [6.07, 6.45) is 1.81. The molecule has 3 aromatic rings. The molecule has 0 spiro atoms. The fourth-order valence-electron chi connectivity index (χ4n) is 4.43. The van der Waals surface area contributed by atoms with Crippen LogP contribution in [-0.2, 0) is 0 Å². The van der Waals surface area contributed by atoms with Crippen LogP contribution in [0, 0.1) is 6.92 Å². The zero-order chi connectivity index (χ0) is 19.1. The lowest BCUT2D eigenvalue weighted by atomic mass is 10.1. The number of aromatic nitrogens is 1. The van der Waals surface area contributed by atoms with E-state index in [1.807, 2.05) is 6.07 Å². The molecule has 5 nitrogen and oxygen atoms in total. The van der Waals surface area contributed by atoms with Crippen molar-refractivity contribution in [3.8, 4) is 0 Å². The minimum atomic E-state index is -0.124. The second-order valence-electron chi connectivity index (χ2n) is 7.72. The van der Waals surface area contributed by atoms with Gasteiger partial charge in [0.15, 0.2) is 0 Å². The van der Waals surface area contributed by atoms with Crippen molar-refractivity contribution < 1.29 is 9.90 Å². The number of carbonyl (C=O) groups excluding carboxylic acids is 1. The molecule has 1 aromatic heterocycles. The Balaban J connectivity index is 1.79. The highest BCUT2D eigenvalue weighted by Crippen LogP contribution is 2.36. The molecular formula is C22H27N3O2. The number of urea groups is 1. The van der Waals surface area contributed by atoms with Crippen molar-refractivity contribution in [3.05, 3.63) is 42.0 Å². The van der Waals surface area contributed by atoms with Crippen molar-refractivity contribution in [1.82, 2.24) is 9.47 Å². The maximum Gasteiger partial charge on any atom is 0.322 e. The van der Waals surface area contributed by atoms with E-state index in [2.05, 4.69) is 61.0 Å². The van der Waals surface area contributed by atoms with Crippen LogP contribution in [0.1, 0.15) is 38.3 Å². The molecule has 1 unspecified atom stereocenters. The number of aliphatic hydroxyl groups excluding tert-OH is 1. The number of fused-ring (bicyclic) bond motifs is 3. The van der Waals surface area contributed by atoms with E-state index in [9.17, 15) is 9.90 Å². The van der Waals surface area contributed by atoms with Crippen molar-refractivity contribution >= 4 is 33.5 Å². The van der Waals surface area contributed by atoms with Crippen LogP contribution in [-0.4, -0.2) is 39.8 Å². The molecule has 0 bridgehead atoms. The number of anilines is 1. The zero-order valence-corrected chi connectivity index (χ0v) is 16.2. The number of rotatable bonds is 3. The summed E-state index contributed by atoms with van der Waals surface area (Å²) in [4.78, 5) is 14.5. The van der Waals surface area contributed by atoms with Gasteiger partial charge in [0.05, 0.1) is 12.6 Å². The fraction of sp³-hybridized carbons (Fsp3) is 0.409. The van der Waals surface area contributed by atoms with Crippen molar-refractivity contribution in [2.24, 2.45) is 0 Å². The lowest BCUT2D eigenvalue weighted by Gasteiger charge is -2.24. The number of carbonyl (C=O) groups is 1. The summed E-state index contributed by atoms with van der Waals surface area (Å²) in [5, 5.41) is 15.0. The Kier molecular flexibility index (Phi) is 4.56. The molecule has 1 saturated heterocycles. The average Bonchev–Trinajstić information content (AvgIpc) is 3.26. The summed E-state index contributed by atoms with van der Waals surface area (Å²) in [7, 11) is 0. The van der Waals surface area contributed by atoms with Gasteiger partial charge in [-0.05, 0) is 57.4 Å². The van der Waals surface area contributed by atoms with Crippen LogP contribution in [0.15, 0.2) is 36.4 Å². The number of aryl methyl sites for hydroxylation is 1. The first-order chi connectivity index (χ1) is 13.0. The van der Waals surface area contributed by atoms with Gasteiger partial charge in [-0.2, -0.15) is 0 Å². The lowest BCUT2D eigenvalue weighted by Crippen LogP contribution is -2.40. The maximum atomic E-state index is 12.7. The molecule has 1 fully saturated rings. The molecular weight excluding hydrogens is 338 g/mol. The molecule has 142 valence electrons. The van der Waals surface area contributed by atoms with Gasteiger partial charge in [-0.25, -0.2) is 4.79 Å². The van der Waals surface area contributed by atoms with Crippen molar-refractivity contribution in [3.63, 3.8) is 0 Å². The molecule has 2 N–H and O–H groups in total. The van der Waals surface area contributed by atoms with E-state index in [4.69, 9.17) is 0 Å². The number of amides is 2. The smallest absolute Gasteiger partial charge is 0.322 e. The van der Waals surface area contributed by atoms with Gasteiger partial charge in [-0.3, -0.25) is 0 Å². The highest BCUT2D eigenvalue weighted by molar-refractivity contribution is 6.12. The number of hydrogen-bond acceptors (Lipinski definition) is 2. The summed E-state index contributed by atoms with van der Waals surface area (Å²) in [6.45, 7) is 7.18. The van der Waals surface area contributed by atoms with E-state index in [1.54, 1.807) is 4.90 Å². The van der Waals surface area contributed by atoms with E-state index < -0.39 is 0 Å². The molecule has 4 rings (SSSR count). The van der Waals surface area contributed by atoms with Gasteiger partial charge < -0.3 is 19.9 Å². The van der Waals surface area contributed by atoms with Crippen LogP contribution in [0.2, 0.25) is 0 Å². The summed E-state index contributed by atoms with van der Waals surface area (Å²) in [5.74, 6) is 0. The topological polar surface area (TPSA) is 57.5 Å². The Morgan fingerprint density at radius 2 is 2.00 bits per heavy atom. The van der Waals surface area contributed by atoms with Gasteiger partial charge in [-0.1, -0.05) is 18.2 Å². The second kappa shape index (κ2) is 6.89. The molecule has 1 aliphatic rings. The monoisotopic (exact) mass is 365 g/mol. The quantitative estimate of drug-likeness (QED) is 0.708. The van der Waals surface area contributed by atoms with E-state index in [0.29, 0.717) is 12.6 Å². The van der Waals surface area contributed by atoms with E-state index >= 15 is 0 Å². The summed E-state index contributed by atoms with van der Waals surface area (Å²) >= 11 is 0. The molecule has 27 heavy (non-hydrogen) atoms. The van der Waals surface area contributed by atoms with Crippen LogP contribution in [0.5, 0.6) is 0 Å². The number of nitrogens with zero attached hydrogens (tertiary/aromatic N) is 2. The molecule has 0 radical (unpaired) electrons. The maximum absolute atomic E-state index is 12.7. The van der Waals surface area contributed by atoms with Gasteiger partial charge in [0.1, 0.15) is 0 Å². The van der Waals surface area contributed by atoms with Crippen molar-refractivity contribution in [2.45, 2.75) is 45.7 Å². The summed E-state index contributed by atoms with van der Waals surface area (Å²) in [5.41, 5.74) is 4.32. The molecule has 2 amide bonds. The van der Waals surface area contributed by atoms with Crippen molar-refractivity contribution in [2.75, 3.05) is 18.5 Å². The molecule has 0 saturated carbocycles. The number of aliphatic hydroxyl groups is 1. The van der Waals surface area contributed by atoms with Crippen LogP contribution in [0.4, 0.5) is 10.5 Å². The van der Waals surface area contributed by atoms with Gasteiger partial charge in [0.2, 0.25) is 0 Å². The third-order valence-electron chi connectivity index (χ3n) is 5.74. The Morgan fingerprint density at radius 3 is 2.74 bits per heavy atom. The fourth-order valence-corrected chi connectivity index (χ4v) is 4.43. The normalized spacial score (nSPS) is 17.4. The van der Waals surface area contributed by atoms with Gasteiger partial charge in [0, 0.05) is 40.1 Å². The molecule has 1 atom stereocenters. The van der Waals surface area contributed by atoms with E-state index in [0.717, 1.165) is 24.1 Å². The predicted molar refractivity (Wildman–Crippen MR) is 110 cm³/mol. The number of nitrogens with one attached hydrogen (secondary N) is 1. The minimum absolute atomic E-state index is 0.0211. The van der Waals surface area contributed by atoms with Crippen molar-refractivity contribution in [1.29, 1.82) is 0 Å². The Bertz CT molecular complexity index is 1010. The molecule has 0 aliphatic carbocycles. The third-order valence-corrected chi connectivity index (χ3v) is 5.74. The molecule has 1 aliphatic heterocycles. The highest BCUT2D eigenvalue weighted by Gasteiger charge is 2.28. The van der Waals surface area contributed by atoms with Crippen LogP contribution >= 0.6 is 0 Å². The average molecular weight is 365 g/mol. The molecule has 2 aromatic carbocycles. The SMILES string of the molecule is Cc1c(NC(=O)N2CCCC2CO)ccc2c1c1ccccc1n2C(C)C. The predicted octanol–water partition coefficient (Wildman–Crippen LogP) is 4.67. The summed E-state index contributed by atoms with van der Waals surface area (Å²) in [6, 6.07) is 12.7. The van der Waals surface area contributed by atoms with Gasteiger partial charge in [0.25, 0.3) is 0 Å². The number of benzene rings is 2. The number of para-hydroxylation sites is 1. The second-order valence-corrected chi connectivity index (χ2v) is 7.72. The largest absolute Gasteiger partial charge is 0.394 e. The minimum Gasteiger partial charge on any atom is -0.394 e. The highest BCUT2D eigenvalue weighted by atomic mass is 16.3. The Hall–Kier alpha value is -2.53. The molecule has 5 heteroatoms. The summed E-state index contributed by atoms with van der Waals surface area (Å²) < 4.78 is 2.35. The first-order valence-electron chi connectivity index (χ1n) is 9.73. The standard InChI is InChI=1S/C22H27N3O2/c1-14(2)25-19-9-5-4-8-17(19)21-15(3)18(10-11-20(21)25)23-22(27)24-12-6-7-16(24)13-26/h4-5,8-11,14,16,26H,6-7,12-13H2,1-3H3,(H,23,27). The van der Waals surface area contributed by atoms with E-state index in [1.165, 1.54) is 21.8 Å². The van der Waals surface area contributed by atoms with Gasteiger partial charge in [-0.15, -0.1) is 0 Å². The first kappa shape index (κ1) is 17.9. The van der Waals surface area contributed by atoms with Crippen LogP contribution < -0.4 is 5.32 Å². The lowest BCUT2D eigenvalue weighted by molar-refractivity contribution is 0.166. The third kappa shape index (κ3) is 2.86. The van der Waals surface area contributed by atoms with E-state index in [-0.39, 0.29) is 18.7 Å². The number of hydrogen-bond donors (Lipinski definition) is 2. The van der Waals surface area contributed by atoms with Crippen LogP contribution in [0.3, 0.4) is 0 Å². The number of likely N-dealkylation sites (tertiary alicyclic amines) is 1. The Morgan fingerprint density at radius 1 is 1.22 bits per heavy atom. The first-order valence-corrected chi connectivity index (χ1v) is 9.73. The molecule has 2 heterocycles. The Labute approximate surface area is 159 Å². The zero-order valence-electron chi connectivity index (χ0n) is 16.2. The van der Waals surface area contributed by atoms with Crippen LogP contribution in [0.25, 0.3) is 21.8 Å². The van der Waals surface area contributed by atoms with Gasteiger partial charge >= 0.3 is 6.03 Å².